The normalized spacial score (nSPS) is 27.3. The van der Waals surface area contributed by atoms with Gasteiger partial charge in [0.1, 0.15) is 0 Å². The molecular formula is C53H75NO8Si. The van der Waals surface area contributed by atoms with Crippen molar-refractivity contribution in [3.05, 3.63) is 108 Å². The Bertz CT molecular complexity index is 1940. The minimum absolute atomic E-state index is 0.0129. The first-order valence-corrected chi connectivity index (χ1v) is 26.4. The first-order chi connectivity index (χ1) is 29.6. The molecule has 9 nitrogen and oxygen atoms in total. The Morgan fingerprint density at radius 1 is 0.810 bits per heavy atom. The number of hydrogen-bond donors (Lipinski definition) is 0. The molecule has 4 heterocycles. The number of carbonyl (C=O) groups is 3. The Morgan fingerprint density at radius 3 is 2.08 bits per heavy atom. The van der Waals surface area contributed by atoms with Gasteiger partial charge < -0.3 is 23.4 Å². The van der Waals surface area contributed by atoms with Crippen LogP contribution in [0, 0.1) is 17.3 Å². The molecule has 0 radical (unpaired) electrons. The number of amides is 2. The van der Waals surface area contributed by atoms with Crippen LogP contribution in [0.5, 0.6) is 0 Å². The summed E-state index contributed by atoms with van der Waals surface area (Å²) in [5.74, 6) is -0.375. The van der Waals surface area contributed by atoms with Gasteiger partial charge in [-0.3, -0.25) is 19.3 Å². The molecule has 4 unspecified atom stereocenters. The molecule has 2 amide bonds. The van der Waals surface area contributed by atoms with Gasteiger partial charge in [-0.15, -0.1) is 0 Å². The topological polar surface area (TPSA) is 101 Å². The molecule has 3 fully saturated rings. The minimum Gasteiger partial charge on any atom is -0.465 e. The van der Waals surface area contributed by atoms with Crippen LogP contribution >= 0.6 is 0 Å². The third-order valence-electron chi connectivity index (χ3n) is 14.3. The predicted octanol–water partition coefficient (Wildman–Crippen LogP) is 11.2. The van der Waals surface area contributed by atoms with Gasteiger partial charge in [-0.1, -0.05) is 89.9 Å². The van der Waals surface area contributed by atoms with Gasteiger partial charge in [0.15, 0.2) is 8.32 Å². The number of benzene rings is 2. The van der Waals surface area contributed by atoms with Crippen molar-refractivity contribution in [3.63, 3.8) is 0 Å². The standard InChI is InChI=1S/C53H75NO8Si/c1-34-29-40(25-27-45-35(2)30-39(59-45)21-18-28-58-51(57)52(5,6)7)60-47(36(34)3)32-48-42(26-24-38-19-14-13-15-20-38)37(4)46(61-48)31-41(62-63(11,12)53(8,9)10)33-54-49(55)43-22-16-17-23-44(43)50(54)56/h13-17,19-20,22-23,34,39-42,45-48H,2-4,18,21,24-33H2,1,5-12H3/t34-,39+,40+,41+,42?,45?,46?,47?,48+/m1/s1. The van der Waals surface area contributed by atoms with E-state index in [1.54, 1.807) is 24.3 Å². The number of fused-ring (bicyclic) bond motifs is 1. The first-order valence-electron chi connectivity index (χ1n) is 23.5. The van der Waals surface area contributed by atoms with Crippen molar-refractivity contribution < 1.29 is 37.8 Å². The van der Waals surface area contributed by atoms with Crippen LogP contribution in [0.2, 0.25) is 18.1 Å². The molecule has 2 aromatic rings. The van der Waals surface area contributed by atoms with Crippen LogP contribution in [0.25, 0.3) is 0 Å². The molecule has 0 aromatic heterocycles. The van der Waals surface area contributed by atoms with Gasteiger partial charge in [0, 0.05) is 18.8 Å². The molecule has 2 aromatic carbocycles. The molecular weight excluding hydrogens is 807 g/mol. The number of esters is 1. The summed E-state index contributed by atoms with van der Waals surface area (Å²) in [5.41, 5.74) is 4.91. The summed E-state index contributed by atoms with van der Waals surface area (Å²) in [5, 5.41) is -0.0872. The molecule has 6 rings (SSSR count). The quantitative estimate of drug-likeness (QED) is 0.0480. The second-order valence-electron chi connectivity index (χ2n) is 21.3. The Labute approximate surface area is 379 Å². The van der Waals surface area contributed by atoms with Crippen molar-refractivity contribution >= 4 is 26.1 Å². The lowest BCUT2D eigenvalue weighted by Crippen LogP contribution is -2.49. The number of imide groups is 1. The molecule has 4 aliphatic rings. The fourth-order valence-electron chi connectivity index (χ4n) is 9.35. The number of nitrogens with zero attached hydrogens (tertiary/aromatic N) is 1. The fourth-order valence-corrected chi connectivity index (χ4v) is 10.7. The highest BCUT2D eigenvalue weighted by molar-refractivity contribution is 6.74. The molecule has 3 saturated heterocycles. The van der Waals surface area contributed by atoms with Gasteiger partial charge in [0.25, 0.3) is 11.8 Å². The van der Waals surface area contributed by atoms with Crippen molar-refractivity contribution in [2.45, 2.75) is 174 Å². The summed E-state index contributed by atoms with van der Waals surface area (Å²) in [4.78, 5) is 40.8. The zero-order valence-corrected chi connectivity index (χ0v) is 40.7. The monoisotopic (exact) mass is 882 g/mol. The van der Waals surface area contributed by atoms with E-state index in [0.717, 1.165) is 68.1 Å². The summed E-state index contributed by atoms with van der Waals surface area (Å²) in [6, 6.07) is 17.6. The Kier molecular flexibility index (Phi) is 15.7. The summed E-state index contributed by atoms with van der Waals surface area (Å²) < 4.78 is 33.1. The zero-order valence-electron chi connectivity index (χ0n) is 39.7. The molecule has 0 spiro atoms. The second kappa shape index (κ2) is 20.2. The van der Waals surface area contributed by atoms with Crippen LogP contribution in [-0.4, -0.2) is 86.9 Å². The van der Waals surface area contributed by atoms with E-state index in [2.05, 4.69) is 78.2 Å². The molecule has 10 heteroatoms. The van der Waals surface area contributed by atoms with Gasteiger partial charge in [-0.2, -0.15) is 0 Å². The van der Waals surface area contributed by atoms with E-state index in [4.69, 9.17) is 30.0 Å². The molecule has 63 heavy (non-hydrogen) atoms. The summed E-state index contributed by atoms with van der Waals surface area (Å²) >= 11 is 0. The highest BCUT2D eigenvalue weighted by atomic mass is 28.4. The SMILES string of the molecule is C=C1C[C@H](CCCOC(=O)C(C)(C)C)OC1CC[C@H]1C[C@@H](C)C(=C)C(C[C@@H]2OC(C[C@@H](CN3C(=O)c4ccccc4C3=O)O[Si](C)(C)C(C)(C)C)C(=C)C2CCc2ccccc2)O1. The van der Waals surface area contributed by atoms with E-state index < -0.39 is 19.8 Å². The van der Waals surface area contributed by atoms with E-state index in [-0.39, 0.29) is 77.8 Å². The third kappa shape index (κ3) is 12.0. The smallest absolute Gasteiger partial charge is 0.311 e. The maximum Gasteiger partial charge on any atom is 0.311 e. The third-order valence-corrected chi connectivity index (χ3v) is 18.8. The summed E-state index contributed by atoms with van der Waals surface area (Å²) in [6.07, 6.45) is 6.94. The first kappa shape index (κ1) is 48.8. The van der Waals surface area contributed by atoms with Crippen LogP contribution < -0.4 is 0 Å². The van der Waals surface area contributed by atoms with Crippen LogP contribution in [0.15, 0.2) is 91.1 Å². The molecule has 0 aliphatic carbocycles. The van der Waals surface area contributed by atoms with Gasteiger partial charge in [0.2, 0.25) is 0 Å². The van der Waals surface area contributed by atoms with Crippen molar-refractivity contribution in [3.8, 4) is 0 Å². The van der Waals surface area contributed by atoms with Crippen LogP contribution in [0.3, 0.4) is 0 Å². The lowest BCUT2D eigenvalue weighted by molar-refractivity contribution is -0.153. The van der Waals surface area contributed by atoms with Crippen molar-refractivity contribution in [2.75, 3.05) is 13.2 Å². The predicted molar refractivity (Wildman–Crippen MR) is 252 cm³/mol. The number of hydrogen-bond acceptors (Lipinski definition) is 8. The van der Waals surface area contributed by atoms with Crippen LogP contribution in [-0.2, 0) is 34.6 Å². The molecule has 4 aliphatic heterocycles. The van der Waals surface area contributed by atoms with Gasteiger partial charge >= 0.3 is 5.97 Å². The summed E-state index contributed by atoms with van der Waals surface area (Å²) in [7, 11) is -2.35. The average molecular weight is 882 g/mol. The maximum atomic E-state index is 13.6. The van der Waals surface area contributed by atoms with E-state index in [1.165, 1.54) is 10.5 Å². The van der Waals surface area contributed by atoms with Crippen LogP contribution in [0.1, 0.15) is 133 Å². The zero-order chi connectivity index (χ0) is 45.9. The summed E-state index contributed by atoms with van der Waals surface area (Å²) in [6.45, 7) is 33.1. The molecule has 0 saturated carbocycles. The highest BCUT2D eigenvalue weighted by Crippen LogP contribution is 2.44. The number of rotatable bonds is 18. The lowest BCUT2D eigenvalue weighted by atomic mass is 9.81. The van der Waals surface area contributed by atoms with Crippen molar-refractivity contribution in [1.29, 1.82) is 0 Å². The minimum atomic E-state index is -2.35. The molecule has 0 bridgehead atoms. The average Bonchev–Trinajstić information content (AvgIpc) is 3.81. The molecule has 0 N–H and O–H groups in total. The Hall–Kier alpha value is -3.67. The van der Waals surface area contributed by atoms with Gasteiger partial charge in [-0.05, 0) is 131 Å². The number of carbonyl (C=O) groups excluding carboxylic acids is 3. The second-order valence-corrected chi connectivity index (χ2v) is 26.0. The molecule has 344 valence electrons. The number of aryl methyl sites for hydroxylation is 1. The van der Waals surface area contributed by atoms with E-state index in [0.29, 0.717) is 30.6 Å². The largest absolute Gasteiger partial charge is 0.465 e. The van der Waals surface area contributed by atoms with Gasteiger partial charge in [-0.25, -0.2) is 0 Å². The van der Waals surface area contributed by atoms with Gasteiger partial charge in [0.05, 0.1) is 72.4 Å². The Morgan fingerprint density at radius 2 is 1.44 bits per heavy atom. The van der Waals surface area contributed by atoms with E-state index in [9.17, 15) is 14.4 Å². The van der Waals surface area contributed by atoms with E-state index in [1.807, 2.05) is 26.8 Å². The number of ether oxygens (including phenoxy) is 4. The fraction of sp³-hybridized carbons (Fsp3) is 0.604. The molecule has 9 atom stereocenters. The maximum absolute atomic E-state index is 13.6. The van der Waals surface area contributed by atoms with Crippen molar-refractivity contribution in [2.24, 2.45) is 17.3 Å². The Balaban J connectivity index is 1.13. The highest BCUT2D eigenvalue weighted by Gasteiger charge is 2.46. The van der Waals surface area contributed by atoms with E-state index >= 15 is 0 Å². The van der Waals surface area contributed by atoms with Crippen molar-refractivity contribution in [1.82, 2.24) is 4.90 Å². The lowest BCUT2D eigenvalue weighted by Gasteiger charge is -2.40. The van der Waals surface area contributed by atoms with Crippen LogP contribution in [0.4, 0.5) is 0 Å².